The predicted molar refractivity (Wildman–Crippen MR) is 48.8 cm³/mol. The van der Waals surface area contributed by atoms with Gasteiger partial charge in [0.15, 0.2) is 0 Å². The molecule has 0 saturated carbocycles. The van der Waals surface area contributed by atoms with Gasteiger partial charge in [0.05, 0.1) is 13.0 Å². The van der Waals surface area contributed by atoms with Crippen LogP contribution in [0, 0.1) is 0 Å². The van der Waals surface area contributed by atoms with Crippen LogP contribution in [0.3, 0.4) is 0 Å². The average molecular weight is 173 g/mol. The first-order valence-corrected chi connectivity index (χ1v) is 4.61. The molecule has 0 spiro atoms. The van der Waals surface area contributed by atoms with Gasteiger partial charge in [-0.05, 0) is 13.3 Å². The Hall–Kier alpha value is -0.570. The molecule has 1 unspecified atom stereocenters. The van der Waals surface area contributed by atoms with Gasteiger partial charge in [-0.1, -0.05) is 19.8 Å². The van der Waals surface area contributed by atoms with Crippen molar-refractivity contribution in [3.8, 4) is 0 Å². The minimum atomic E-state index is -0.180. The smallest absolute Gasteiger partial charge is 0.307 e. The van der Waals surface area contributed by atoms with Gasteiger partial charge in [-0.2, -0.15) is 0 Å². The molecule has 0 aliphatic rings. The lowest BCUT2D eigenvalue weighted by molar-refractivity contribution is -0.143. The zero-order chi connectivity index (χ0) is 9.40. The van der Waals surface area contributed by atoms with E-state index in [9.17, 15) is 4.79 Å². The van der Waals surface area contributed by atoms with Gasteiger partial charge in [-0.25, -0.2) is 0 Å². The molecule has 0 aliphatic heterocycles. The molecule has 0 aromatic rings. The van der Waals surface area contributed by atoms with Gasteiger partial charge in [0.25, 0.3) is 0 Å². The number of unbranched alkanes of at least 4 members (excludes halogenated alkanes) is 1. The van der Waals surface area contributed by atoms with Gasteiger partial charge in [-0.3, -0.25) is 4.79 Å². The molecule has 0 bridgehead atoms. The highest BCUT2D eigenvalue weighted by atomic mass is 16.5. The molecule has 72 valence electrons. The summed E-state index contributed by atoms with van der Waals surface area (Å²) in [4.78, 5) is 10.9. The van der Waals surface area contributed by atoms with Crippen molar-refractivity contribution in [2.75, 3.05) is 6.61 Å². The summed E-state index contributed by atoms with van der Waals surface area (Å²) in [5.41, 5.74) is 5.69. The highest BCUT2D eigenvalue weighted by molar-refractivity contribution is 5.70. The fourth-order valence-electron chi connectivity index (χ4n) is 1.00. The molecule has 0 aromatic heterocycles. The Morgan fingerprint density at radius 3 is 2.67 bits per heavy atom. The first-order valence-electron chi connectivity index (χ1n) is 4.61. The molecule has 3 heteroatoms. The minimum absolute atomic E-state index is 0.0241. The van der Waals surface area contributed by atoms with Crippen molar-refractivity contribution in [3.63, 3.8) is 0 Å². The Kier molecular flexibility index (Phi) is 6.76. The van der Waals surface area contributed by atoms with Gasteiger partial charge in [0.2, 0.25) is 0 Å². The normalized spacial score (nSPS) is 12.6. The third-order valence-corrected chi connectivity index (χ3v) is 1.66. The second-order valence-electron chi connectivity index (χ2n) is 2.91. The van der Waals surface area contributed by atoms with E-state index in [1.807, 2.05) is 0 Å². The molecule has 0 rings (SSSR count). The maximum Gasteiger partial charge on any atom is 0.307 e. The van der Waals surface area contributed by atoms with Crippen molar-refractivity contribution in [1.29, 1.82) is 0 Å². The Balaban J connectivity index is 3.40. The average Bonchev–Trinajstić information content (AvgIpc) is 2.01. The lowest BCUT2D eigenvalue weighted by Crippen LogP contribution is -2.24. The highest BCUT2D eigenvalue weighted by Gasteiger charge is 2.08. The van der Waals surface area contributed by atoms with Gasteiger partial charge in [0.1, 0.15) is 0 Å². The van der Waals surface area contributed by atoms with Crippen LogP contribution < -0.4 is 5.73 Å². The first kappa shape index (κ1) is 11.4. The van der Waals surface area contributed by atoms with Crippen LogP contribution in [0.4, 0.5) is 0 Å². The summed E-state index contributed by atoms with van der Waals surface area (Å²) in [6.07, 6.45) is 3.47. The van der Waals surface area contributed by atoms with E-state index in [0.29, 0.717) is 13.0 Å². The molecule has 2 N–H and O–H groups in total. The number of carbonyl (C=O) groups excluding carboxylic acids is 1. The summed E-state index contributed by atoms with van der Waals surface area (Å²) in [5.74, 6) is -0.180. The van der Waals surface area contributed by atoms with E-state index < -0.39 is 0 Å². The van der Waals surface area contributed by atoms with Crippen LogP contribution in [0.15, 0.2) is 0 Å². The number of nitrogens with two attached hydrogens (primary N) is 1. The number of hydrogen-bond acceptors (Lipinski definition) is 3. The Morgan fingerprint density at radius 2 is 2.17 bits per heavy atom. The first-order chi connectivity index (χ1) is 5.70. The Morgan fingerprint density at radius 1 is 1.50 bits per heavy atom. The maximum absolute atomic E-state index is 10.9. The van der Waals surface area contributed by atoms with Crippen LogP contribution >= 0.6 is 0 Å². The largest absolute Gasteiger partial charge is 0.466 e. The van der Waals surface area contributed by atoms with Crippen LogP contribution in [0.2, 0.25) is 0 Å². The predicted octanol–water partition coefficient (Wildman–Crippen LogP) is 1.46. The lowest BCUT2D eigenvalue weighted by atomic mass is 10.1. The molecule has 0 heterocycles. The van der Waals surface area contributed by atoms with E-state index in [-0.39, 0.29) is 12.0 Å². The molecule has 0 radical (unpaired) electrons. The van der Waals surface area contributed by atoms with E-state index in [1.54, 1.807) is 6.92 Å². The standard InChI is InChI=1S/C9H19NO2/c1-3-5-6-8(10)7-9(11)12-4-2/h8H,3-7,10H2,1-2H3. The molecule has 0 aliphatic carbocycles. The summed E-state index contributed by atoms with van der Waals surface area (Å²) >= 11 is 0. The molecule has 1 atom stereocenters. The van der Waals surface area contributed by atoms with Crippen LogP contribution in [0.1, 0.15) is 39.5 Å². The van der Waals surface area contributed by atoms with Crippen LogP contribution in [-0.2, 0) is 9.53 Å². The zero-order valence-electron chi connectivity index (χ0n) is 8.01. The summed E-state index contributed by atoms with van der Waals surface area (Å²) < 4.78 is 4.77. The number of carbonyl (C=O) groups is 1. The zero-order valence-corrected chi connectivity index (χ0v) is 8.01. The van der Waals surface area contributed by atoms with Gasteiger partial charge in [0, 0.05) is 6.04 Å². The molecule has 3 nitrogen and oxygen atoms in total. The maximum atomic E-state index is 10.9. The molecule has 12 heavy (non-hydrogen) atoms. The number of esters is 1. The number of ether oxygens (including phenoxy) is 1. The molecular formula is C9H19NO2. The molecule has 0 fully saturated rings. The van der Waals surface area contributed by atoms with Crippen molar-refractivity contribution < 1.29 is 9.53 Å². The van der Waals surface area contributed by atoms with E-state index in [2.05, 4.69) is 6.92 Å². The second kappa shape index (κ2) is 7.10. The topological polar surface area (TPSA) is 52.3 Å². The van der Waals surface area contributed by atoms with E-state index in [4.69, 9.17) is 10.5 Å². The van der Waals surface area contributed by atoms with Crippen LogP contribution in [0.5, 0.6) is 0 Å². The highest BCUT2D eigenvalue weighted by Crippen LogP contribution is 2.02. The minimum Gasteiger partial charge on any atom is -0.466 e. The molecule has 0 saturated heterocycles. The van der Waals surface area contributed by atoms with Crippen LogP contribution in [0.25, 0.3) is 0 Å². The fraction of sp³-hybridized carbons (Fsp3) is 0.889. The summed E-state index contributed by atoms with van der Waals surface area (Å²) in [6, 6.07) is -0.0241. The quantitative estimate of drug-likeness (QED) is 0.619. The third-order valence-electron chi connectivity index (χ3n) is 1.66. The summed E-state index contributed by atoms with van der Waals surface area (Å²) in [5, 5.41) is 0. The number of rotatable bonds is 6. The number of hydrogen-bond donors (Lipinski definition) is 1. The van der Waals surface area contributed by atoms with E-state index >= 15 is 0 Å². The van der Waals surface area contributed by atoms with Crippen molar-refractivity contribution in [3.05, 3.63) is 0 Å². The van der Waals surface area contributed by atoms with Crippen molar-refractivity contribution >= 4 is 5.97 Å². The van der Waals surface area contributed by atoms with Gasteiger partial charge < -0.3 is 10.5 Å². The molecule has 0 amide bonds. The van der Waals surface area contributed by atoms with Crippen molar-refractivity contribution in [2.45, 2.75) is 45.6 Å². The third kappa shape index (κ3) is 6.16. The SMILES string of the molecule is CCCCC(N)CC(=O)OCC. The van der Waals surface area contributed by atoms with Gasteiger partial charge in [-0.15, -0.1) is 0 Å². The van der Waals surface area contributed by atoms with Crippen molar-refractivity contribution in [2.24, 2.45) is 5.73 Å². The fourth-order valence-corrected chi connectivity index (χ4v) is 1.00. The monoisotopic (exact) mass is 173 g/mol. The summed E-state index contributed by atoms with van der Waals surface area (Å²) in [7, 11) is 0. The van der Waals surface area contributed by atoms with Crippen molar-refractivity contribution in [1.82, 2.24) is 0 Å². The van der Waals surface area contributed by atoms with E-state index in [1.165, 1.54) is 0 Å². The second-order valence-corrected chi connectivity index (χ2v) is 2.91. The van der Waals surface area contributed by atoms with Crippen LogP contribution in [-0.4, -0.2) is 18.6 Å². The van der Waals surface area contributed by atoms with Gasteiger partial charge >= 0.3 is 5.97 Å². The lowest BCUT2D eigenvalue weighted by Gasteiger charge is -2.09. The Labute approximate surface area is 74.3 Å². The van der Waals surface area contributed by atoms with E-state index in [0.717, 1.165) is 19.3 Å². The summed E-state index contributed by atoms with van der Waals surface area (Å²) in [6.45, 7) is 4.35. The molecule has 0 aromatic carbocycles. The Bertz CT molecular complexity index is 126. The molecular weight excluding hydrogens is 154 g/mol.